The molecule has 0 aliphatic heterocycles. The van der Waals surface area contributed by atoms with Crippen molar-refractivity contribution in [1.82, 2.24) is 4.98 Å². The van der Waals surface area contributed by atoms with E-state index >= 15 is 0 Å². The van der Waals surface area contributed by atoms with E-state index in [1.165, 1.54) is 5.56 Å². The first-order valence-electron chi connectivity index (χ1n) is 10.4. The van der Waals surface area contributed by atoms with Crippen LogP contribution >= 0.6 is 0 Å². The predicted octanol–water partition coefficient (Wildman–Crippen LogP) is 7.02. The highest BCUT2D eigenvalue weighted by atomic mass is 16.3. The van der Waals surface area contributed by atoms with Crippen LogP contribution in [0.4, 0.5) is 5.69 Å². The van der Waals surface area contributed by atoms with Crippen LogP contribution in [0, 0.1) is 0 Å². The summed E-state index contributed by atoms with van der Waals surface area (Å²) in [4.78, 5) is 17.6. The zero-order valence-corrected chi connectivity index (χ0v) is 17.4. The zero-order valence-electron chi connectivity index (χ0n) is 17.4. The number of carbonyl (C=O) groups is 1. The van der Waals surface area contributed by atoms with E-state index in [0.717, 1.165) is 27.4 Å². The van der Waals surface area contributed by atoms with Gasteiger partial charge >= 0.3 is 0 Å². The number of oxazole rings is 1. The lowest BCUT2D eigenvalue weighted by atomic mass is 10.0. The summed E-state index contributed by atoms with van der Waals surface area (Å²) < 4.78 is 5.97. The number of fused-ring (bicyclic) bond motifs is 2. The molecule has 0 bridgehead atoms. The van der Waals surface area contributed by atoms with E-state index in [2.05, 4.69) is 36.3 Å². The van der Waals surface area contributed by atoms with E-state index in [4.69, 9.17) is 4.42 Å². The van der Waals surface area contributed by atoms with E-state index in [-0.39, 0.29) is 5.91 Å². The molecule has 1 heterocycles. The molecule has 0 atom stereocenters. The van der Waals surface area contributed by atoms with Crippen molar-refractivity contribution in [3.05, 3.63) is 96.1 Å². The van der Waals surface area contributed by atoms with Crippen LogP contribution in [0.25, 0.3) is 33.3 Å². The molecule has 0 radical (unpaired) electrons. The van der Waals surface area contributed by atoms with Crippen molar-refractivity contribution in [2.45, 2.75) is 19.8 Å². The molecule has 1 amide bonds. The second kappa shape index (κ2) is 7.73. The zero-order chi connectivity index (χ0) is 21.4. The third-order valence-electron chi connectivity index (χ3n) is 5.48. The van der Waals surface area contributed by atoms with E-state index in [1.54, 1.807) is 0 Å². The highest BCUT2D eigenvalue weighted by Gasteiger charge is 2.13. The van der Waals surface area contributed by atoms with Gasteiger partial charge in [0.1, 0.15) is 5.52 Å². The standard InChI is InChI=1S/C27H22N2O2/c1-17(2)19-13-14-25-24(16-19)29-27(31-25)20-9-5-10-21(15-20)28-26(30)23-12-6-8-18-7-3-4-11-22(18)23/h3-17H,1-2H3,(H,28,30). The van der Waals surface area contributed by atoms with E-state index in [0.29, 0.717) is 23.1 Å². The summed E-state index contributed by atoms with van der Waals surface area (Å²) >= 11 is 0. The van der Waals surface area contributed by atoms with Gasteiger partial charge < -0.3 is 9.73 Å². The monoisotopic (exact) mass is 406 g/mol. The van der Waals surface area contributed by atoms with Crippen molar-refractivity contribution in [3.8, 4) is 11.5 Å². The third-order valence-corrected chi connectivity index (χ3v) is 5.48. The highest BCUT2D eigenvalue weighted by Crippen LogP contribution is 2.28. The molecule has 5 aromatic rings. The topological polar surface area (TPSA) is 55.1 Å². The molecule has 0 aliphatic rings. The van der Waals surface area contributed by atoms with Gasteiger partial charge in [0.2, 0.25) is 5.89 Å². The Kier molecular flexibility index (Phi) is 4.75. The van der Waals surface area contributed by atoms with Gasteiger partial charge in [-0.3, -0.25) is 4.79 Å². The molecule has 4 aromatic carbocycles. The second-order valence-corrected chi connectivity index (χ2v) is 7.96. The molecule has 152 valence electrons. The molecule has 5 rings (SSSR count). The quantitative estimate of drug-likeness (QED) is 0.349. The van der Waals surface area contributed by atoms with Gasteiger partial charge in [0.15, 0.2) is 5.58 Å². The van der Waals surface area contributed by atoms with Crippen LogP contribution in [-0.4, -0.2) is 10.9 Å². The van der Waals surface area contributed by atoms with Gasteiger partial charge in [0.25, 0.3) is 5.91 Å². The smallest absolute Gasteiger partial charge is 0.256 e. The van der Waals surface area contributed by atoms with Gasteiger partial charge in [-0.15, -0.1) is 0 Å². The van der Waals surface area contributed by atoms with Crippen LogP contribution in [-0.2, 0) is 0 Å². The van der Waals surface area contributed by atoms with E-state index in [9.17, 15) is 4.79 Å². The normalized spacial score (nSPS) is 11.3. The predicted molar refractivity (Wildman–Crippen MR) is 125 cm³/mol. The molecule has 0 aliphatic carbocycles. The van der Waals surface area contributed by atoms with Crippen LogP contribution in [0.2, 0.25) is 0 Å². The minimum absolute atomic E-state index is 0.145. The summed E-state index contributed by atoms with van der Waals surface area (Å²) in [6, 6.07) is 27.3. The Bertz CT molecular complexity index is 1410. The summed E-state index contributed by atoms with van der Waals surface area (Å²) in [6.07, 6.45) is 0. The fourth-order valence-electron chi connectivity index (χ4n) is 3.78. The minimum atomic E-state index is -0.145. The Hall–Kier alpha value is -3.92. The Morgan fingerprint density at radius 2 is 1.71 bits per heavy atom. The van der Waals surface area contributed by atoms with Crippen molar-refractivity contribution in [3.63, 3.8) is 0 Å². The molecule has 0 saturated carbocycles. The van der Waals surface area contributed by atoms with Crippen molar-refractivity contribution < 1.29 is 9.21 Å². The fourth-order valence-corrected chi connectivity index (χ4v) is 3.78. The lowest BCUT2D eigenvalue weighted by Crippen LogP contribution is -2.12. The van der Waals surface area contributed by atoms with Crippen molar-refractivity contribution in [2.24, 2.45) is 0 Å². The number of amides is 1. The van der Waals surface area contributed by atoms with Crippen LogP contribution in [0.5, 0.6) is 0 Å². The molecular weight excluding hydrogens is 384 g/mol. The second-order valence-electron chi connectivity index (χ2n) is 7.96. The van der Waals surface area contributed by atoms with Crippen molar-refractivity contribution >= 4 is 33.5 Å². The first-order valence-corrected chi connectivity index (χ1v) is 10.4. The van der Waals surface area contributed by atoms with Crippen LogP contribution in [0.15, 0.2) is 89.3 Å². The third kappa shape index (κ3) is 3.68. The molecule has 0 unspecified atom stereocenters. The molecular formula is C27H22N2O2. The van der Waals surface area contributed by atoms with Gasteiger partial charge in [-0.05, 0) is 58.7 Å². The maximum Gasteiger partial charge on any atom is 0.256 e. The average molecular weight is 406 g/mol. The highest BCUT2D eigenvalue weighted by molar-refractivity contribution is 6.13. The fraction of sp³-hybridized carbons (Fsp3) is 0.111. The van der Waals surface area contributed by atoms with Crippen molar-refractivity contribution in [1.29, 1.82) is 0 Å². The number of nitrogens with zero attached hydrogens (tertiary/aromatic N) is 1. The van der Waals surface area contributed by atoms with E-state index in [1.807, 2.05) is 72.8 Å². The molecule has 0 saturated heterocycles. The molecule has 4 nitrogen and oxygen atoms in total. The molecule has 0 spiro atoms. The van der Waals surface area contributed by atoms with Crippen LogP contribution in [0.3, 0.4) is 0 Å². The maximum absolute atomic E-state index is 13.0. The summed E-state index contributed by atoms with van der Waals surface area (Å²) in [5.41, 5.74) is 4.98. The van der Waals surface area contributed by atoms with Gasteiger partial charge in [-0.2, -0.15) is 0 Å². The number of hydrogen-bond acceptors (Lipinski definition) is 3. The lowest BCUT2D eigenvalue weighted by molar-refractivity contribution is 0.102. The largest absolute Gasteiger partial charge is 0.436 e. The molecule has 1 aromatic heterocycles. The molecule has 0 fully saturated rings. The molecule has 1 N–H and O–H groups in total. The van der Waals surface area contributed by atoms with Gasteiger partial charge in [0, 0.05) is 16.8 Å². The average Bonchev–Trinajstić information content (AvgIpc) is 3.22. The first-order chi connectivity index (χ1) is 15.1. The molecule has 31 heavy (non-hydrogen) atoms. The summed E-state index contributed by atoms with van der Waals surface area (Å²) in [5, 5.41) is 4.98. The van der Waals surface area contributed by atoms with Crippen molar-refractivity contribution in [2.75, 3.05) is 5.32 Å². The molecule has 4 heteroatoms. The van der Waals surface area contributed by atoms with Crippen LogP contribution < -0.4 is 5.32 Å². The van der Waals surface area contributed by atoms with Gasteiger partial charge in [-0.25, -0.2) is 4.98 Å². The lowest BCUT2D eigenvalue weighted by Gasteiger charge is -2.09. The number of rotatable bonds is 4. The number of anilines is 1. The Balaban J connectivity index is 1.45. The van der Waals surface area contributed by atoms with Gasteiger partial charge in [0.05, 0.1) is 0 Å². The SMILES string of the molecule is CC(C)c1ccc2oc(-c3cccc(NC(=O)c4cccc5ccccc45)c3)nc2c1. The maximum atomic E-state index is 13.0. The summed E-state index contributed by atoms with van der Waals surface area (Å²) in [5.74, 6) is 0.822. The van der Waals surface area contributed by atoms with E-state index < -0.39 is 0 Å². The van der Waals surface area contributed by atoms with Gasteiger partial charge in [-0.1, -0.05) is 62.4 Å². The number of aromatic nitrogens is 1. The number of carbonyl (C=O) groups excluding carboxylic acids is 1. The van der Waals surface area contributed by atoms with Crippen LogP contribution in [0.1, 0.15) is 35.7 Å². The number of nitrogens with one attached hydrogen (secondary N) is 1. The Morgan fingerprint density at radius 3 is 2.58 bits per heavy atom. The summed E-state index contributed by atoms with van der Waals surface area (Å²) in [6.45, 7) is 4.31. The first kappa shape index (κ1) is 19.1. The Morgan fingerprint density at radius 1 is 0.903 bits per heavy atom. The minimum Gasteiger partial charge on any atom is -0.436 e. The summed E-state index contributed by atoms with van der Waals surface area (Å²) in [7, 11) is 0. The number of benzene rings is 4. The Labute approximate surface area is 180 Å². The number of hydrogen-bond donors (Lipinski definition) is 1.